The molecule has 3 aliphatic heterocycles. The van der Waals surface area contributed by atoms with E-state index in [0.29, 0.717) is 43.9 Å². The van der Waals surface area contributed by atoms with Crippen molar-refractivity contribution in [3.8, 4) is 28.5 Å². The first kappa shape index (κ1) is 34.4. The summed E-state index contributed by atoms with van der Waals surface area (Å²) in [6.45, 7) is 2.18. The van der Waals surface area contributed by atoms with Gasteiger partial charge in [0.05, 0.1) is 18.2 Å². The number of hydrogen-bond acceptors (Lipinski definition) is 13. The highest BCUT2D eigenvalue weighted by Crippen LogP contribution is 2.52. The van der Waals surface area contributed by atoms with Gasteiger partial charge >= 0.3 is 29.8 Å². The highest BCUT2D eigenvalue weighted by Gasteiger charge is 2.38. The quantitative estimate of drug-likeness (QED) is 0.153. The summed E-state index contributed by atoms with van der Waals surface area (Å²) < 4.78 is 55.3. The third-order valence-electron chi connectivity index (χ3n) is 8.36. The summed E-state index contributed by atoms with van der Waals surface area (Å²) in [6, 6.07) is 13.8. The fourth-order valence-corrected chi connectivity index (χ4v) is 6.34. The van der Waals surface area contributed by atoms with Crippen LogP contribution in [0.4, 0.5) is 8.78 Å². The number of piperazine rings is 1. The van der Waals surface area contributed by atoms with Crippen molar-refractivity contribution < 1.29 is 56.2 Å². The van der Waals surface area contributed by atoms with Crippen LogP contribution in [-0.2, 0) is 30.5 Å². The van der Waals surface area contributed by atoms with Gasteiger partial charge in [0.1, 0.15) is 27.9 Å². The lowest BCUT2D eigenvalue weighted by molar-refractivity contribution is -0.134. The largest absolute Gasteiger partial charge is 0.421 e. The monoisotopic (exact) mass is 731 g/mol. The molecule has 3 aromatic carbocycles. The molecule has 0 aliphatic carbocycles. The van der Waals surface area contributed by atoms with Crippen LogP contribution in [0.1, 0.15) is 33.3 Å². The first-order valence-electron chi connectivity index (χ1n) is 15.6. The predicted molar refractivity (Wildman–Crippen MR) is 174 cm³/mol. The molecule has 0 radical (unpaired) electrons. The number of nitrogens with zero attached hydrogens (tertiary/aromatic N) is 3. The minimum absolute atomic E-state index is 0.138. The van der Waals surface area contributed by atoms with Crippen LogP contribution < -0.4 is 14.2 Å². The molecule has 0 spiro atoms. The molecule has 0 N–H and O–H groups in total. The fourth-order valence-electron chi connectivity index (χ4n) is 6.08. The number of carbonyl (C=O) groups excluding carboxylic acids is 5. The summed E-state index contributed by atoms with van der Waals surface area (Å²) in [6.07, 6.45) is 2.82. The molecule has 1 atom stereocenters. The number of hydrogen-bond donors (Lipinski definition) is 0. The molecule has 7 rings (SSSR count). The van der Waals surface area contributed by atoms with Gasteiger partial charge in [-0.2, -0.15) is 0 Å². The van der Waals surface area contributed by atoms with Crippen molar-refractivity contribution >= 4 is 41.4 Å². The van der Waals surface area contributed by atoms with Crippen molar-refractivity contribution in [2.75, 3.05) is 26.2 Å². The number of cyclic esters (lactones) is 2. The average molecular weight is 732 g/mol. The lowest BCUT2D eigenvalue weighted by Crippen LogP contribution is -2.47. The van der Waals surface area contributed by atoms with Crippen LogP contribution in [0.3, 0.4) is 0 Å². The number of carbonyl (C=O) groups is 5. The van der Waals surface area contributed by atoms with Gasteiger partial charge in [-0.3, -0.25) is 9.80 Å². The Labute approximate surface area is 297 Å². The number of aromatic nitrogens is 1. The molecule has 1 fully saturated rings. The van der Waals surface area contributed by atoms with E-state index in [1.165, 1.54) is 18.2 Å². The third kappa shape index (κ3) is 6.96. The molecule has 2 bridgehead atoms. The molecule has 0 saturated carbocycles. The average Bonchev–Trinajstić information content (AvgIpc) is 3.58. The van der Waals surface area contributed by atoms with Crippen molar-refractivity contribution in [3.05, 3.63) is 118 Å². The smallest absolute Gasteiger partial charge is 0.350 e. The summed E-state index contributed by atoms with van der Waals surface area (Å²) >= 11 is 6.57. The van der Waals surface area contributed by atoms with E-state index >= 15 is 4.39 Å². The van der Waals surface area contributed by atoms with E-state index < -0.39 is 75.4 Å². The van der Waals surface area contributed by atoms with Crippen LogP contribution in [0.25, 0.3) is 11.3 Å². The fraction of sp³-hybridized carbons (Fsp3) is 0.167. The zero-order chi connectivity index (χ0) is 36.5. The maximum atomic E-state index is 15.1. The summed E-state index contributed by atoms with van der Waals surface area (Å²) in [7, 11) is 0. The molecule has 4 heterocycles. The van der Waals surface area contributed by atoms with Crippen molar-refractivity contribution in [3.63, 3.8) is 0 Å². The topological polar surface area (TPSA) is 155 Å². The molecule has 264 valence electrons. The number of benzene rings is 3. The number of ether oxygens (including phenoxy) is 4. The number of rotatable bonds is 6. The van der Waals surface area contributed by atoms with Crippen molar-refractivity contribution in [1.29, 1.82) is 0 Å². The number of fused-ring (bicyclic) bond motifs is 4. The van der Waals surface area contributed by atoms with Crippen LogP contribution in [0.5, 0.6) is 17.2 Å². The Morgan fingerprint density at radius 1 is 0.712 bits per heavy atom. The first-order chi connectivity index (χ1) is 25.0. The molecule has 16 heteroatoms. The van der Waals surface area contributed by atoms with Gasteiger partial charge in [-0.15, -0.1) is 0 Å². The Hall–Kier alpha value is -6.03. The standard InChI is InChI=1S/C36H24ClF2N3O10/c37-31-33-29(30(36(47)51-28(46)11-10-25(43)48-33)34-35(31)50-27(45)9-8-26(44)49-34)24-17-21(52-40-24)18-41-12-14-42(15-13-41)32(19-4-2-1-3-5-19)22-7-6-20(38)16-23(22)39/h1-11,16-17,32H,12-15,18H2/b9-8-,11-10-. The third-order valence-corrected chi connectivity index (χ3v) is 8.71. The zero-order valence-electron chi connectivity index (χ0n) is 26.7. The lowest BCUT2D eigenvalue weighted by Gasteiger charge is -2.39. The molecule has 1 unspecified atom stereocenters. The van der Waals surface area contributed by atoms with E-state index in [0.717, 1.165) is 23.8 Å². The Morgan fingerprint density at radius 2 is 1.33 bits per heavy atom. The van der Waals surface area contributed by atoms with Gasteiger partial charge < -0.3 is 23.5 Å². The zero-order valence-corrected chi connectivity index (χ0v) is 27.4. The molecule has 1 aromatic heterocycles. The van der Waals surface area contributed by atoms with Gasteiger partial charge in [-0.25, -0.2) is 32.8 Å². The highest BCUT2D eigenvalue weighted by atomic mass is 35.5. The van der Waals surface area contributed by atoms with E-state index in [9.17, 15) is 28.4 Å². The van der Waals surface area contributed by atoms with Crippen molar-refractivity contribution in [2.24, 2.45) is 0 Å². The van der Waals surface area contributed by atoms with Crippen molar-refractivity contribution in [2.45, 2.75) is 12.6 Å². The van der Waals surface area contributed by atoms with Crippen LogP contribution in [-0.4, -0.2) is 71.0 Å². The second-order valence-corrected chi connectivity index (χ2v) is 12.0. The molecular formula is C36H24ClF2N3O10. The minimum Gasteiger partial charge on any atom is -0.421 e. The van der Waals surface area contributed by atoms with E-state index in [1.807, 2.05) is 35.2 Å². The second-order valence-electron chi connectivity index (χ2n) is 11.7. The Kier molecular flexibility index (Phi) is 9.47. The van der Waals surface area contributed by atoms with Crippen molar-refractivity contribution in [1.82, 2.24) is 15.0 Å². The van der Waals surface area contributed by atoms with Gasteiger partial charge in [-0.1, -0.05) is 53.2 Å². The maximum Gasteiger partial charge on any atom is 0.350 e. The first-order valence-corrected chi connectivity index (χ1v) is 16.0. The molecular weight excluding hydrogens is 708 g/mol. The molecule has 0 amide bonds. The van der Waals surface area contributed by atoms with E-state index in [4.69, 9.17) is 35.1 Å². The Morgan fingerprint density at radius 3 is 1.98 bits per heavy atom. The van der Waals surface area contributed by atoms with E-state index in [2.05, 4.69) is 10.1 Å². The number of esters is 5. The van der Waals surface area contributed by atoms with Crippen LogP contribution in [0, 0.1) is 11.6 Å². The summed E-state index contributed by atoms with van der Waals surface area (Å²) in [5.74, 6) is -8.86. The predicted octanol–water partition coefficient (Wildman–Crippen LogP) is 4.72. The normalized spacial score (nSPS) is 18.6. The summed E-state index contributed by atoms with van der Waals surface area (Å²) in [4.78, 5) is 67.4. The molecule has 13 nitrogen and oxygen atoms in total. The highest BCUT2D eigenvalue weighted by molar-refractivity contribution is 6.35. The Bertz CT molecular complexity index is 2200. The maximum absolute atomic E-state index is 15.1. The molecule has 52 heavy (non-hydrogen) atoms. The Balaban J connectivity index is 1.20. The van der Waals surface area contributed by atoms with Crippen LogP contribution >= 0.6 is 11.6 Å². The van der Waals surface area contributed by atoms with Crippen LogP contribution in [0.15, 0.2) is 83.4 Å². The second kappa shape index (κ2) is 14.3. The summed E-state index contributed by atoms with van der Waals surface area (Å²) in [5.41, 5.74) is 0.0211. The summed E-state index contributed by atoms with van der Waals surface area (Å²) in [5, 5.41) is 3.51. The number of halogens is 3. The SMILES string of the molecule is O=C1/C=C\C(=O)Oc2c(Cl)c3c(c(c2-c2cc(CN4CCN(C(c5ccccc5)c5ccc(F)cc5F)CC4)on2)C(=O)O1)OC(=O)/C=C\C(=O)O3. The molecule has 4 aromatic rings. The lowest BCUT2D eigenvalue weighted by atomic mass is 9.95. The van der Waals surface area contributed by atoms with E-state index in [1.54, 1.807) is 0 Å². The van der Waals surface area contributed by atoms with Gasteiger partial charge in [0.2, 0.25) is 0 Å². The van der Waals surface area contributed by atoms with Gasteiger partial charge in [0.25, 0.3) is 0 Å². The van der Waals surface area contributed by atoms with E-state index in [-0.39, 0.29) is 23.6 Å². The molecule has 1 saturated heterocycles. The van der Waals surface area contributed by atoms with Gasteiger partial charge in [0, 0.05) is 68.2 Å². The minimum atomic E-state index is -1.38. The van der Waals surface area contributed by atoms with Crippen LogP contribution in [0.2, 0.25) is 5.02 Å². The van der Waals surface area contributed by atoms with Gasteiger partial charge in [-0.05, 0) is 11.6 Å². The molecule has 3 aliphatic rings. The van der Waals surface area contributed by atoms with Gasteiger partial charge in [0.15, 0.2) is 23.0 Å².